The summed E-state index contributed by atoms with van der Waals surface area (Å²) in [5, 5.41) is 16.3. The van der Waals surface area contributed by atoms with Gasteiger partial charge in [0.1, 0.15) is 0 Å². The maximum absolute atomic E-state index is 9.10. The molecule has 122 valence electrons. The lowest BCUT2D eigenvalue weighted by Gasteiger charge is -2.04. The second-order valence-corrected chi connectivity index (χ2v) is 6.08. The maximum atomic E-state index is 9.10. The molecular weight excluding hydrogens is 361 g/mol. The molecule has 0 saturated carbocycles. The van der Waals surface area contributed by atoms with Crippen LogP contribution < -0.4 is 0 Å². The molecule has 1 heterocycles. The van der Waals surface area contributed by atoms with Gasteiger partial charge >= 0.3 is 11.9 Å². The molecule has 0 unspecified atom stereocenters. The van der Waals surface area contributed by atoms with Crippen LogP contribution in [-0.2, 0) is 16.0 Å². The number of halogens is 2. The molecule has 1 aromatic heterocycles. The first kappa shape index (κ1) is 19.3. The van der Waals surface area contributed by atoms with Crippen LogP contribution in [0.5, 0.6) is 0 Å². The number of hydrogen-bond donors (Lipinski definition) is 2. The number of benzene rings is 1. The Morgan fingerprint density at radius 3 is 2.35 bits per heavy atom. The quantitative estimate of drug-likeness (QED) is 0.624. The highest BCUT2D eigenvalue weighted by Gasteiger charge is 2.04. The molecule has 5 nitrogen and oxygen atoms in total. The number of rotatable bonds is 4. The Balaban J connectivity index is 0.000000379. The third-order valence-corrected chi connectivity index (χ3v) is 4.15. The minimum atomic E-state index is -1.82. The largest absolute Gasteiger partial charge is 0.473 e. The molecule has 2 aromatic rings. The minimum absolute atomic E-state index is 0.717. The standard InChI is InChI=1S/C13H11Cl2NS.C2H2O4/c14-10-4-5-12(15)13(9-10)17-8-6-11-3-1-2-7-16-11;3-1(4)2(5)6/h1-5,7,9H,6,8H2;(H,3,4)(H,5,6). The fourth-order valence-corrected chi connectivity index (χ4v) is 2.86. The fourth-order valence-electron chi connectivity index (χ4n) is 1.40. The highest BCUT2D eigenvalue weighted by molar-refractivity contribution is 7.99. The molecule has 0 atom stereocenters. The van der Waals surface area contributed by atoms with Crippen LogP contribution in [0.2, 0.25) is 10.0 Å². The van der Waals surface area contributed by atoms with Crippen molar-refractivity contribution in [3.05, 3.63) is 58.3 Å². The van der Waals surface area contributed by atoms with Gasteiger partial charge in [0.2, 0.25) is 0 Å². The number of aliphatic carboxylic acids is 2. The van der Waals surface area contributed by atoms with Gasteiger partial charge in [-0.1, -0.05) is 29.3 Å². The second-order valence-electron chi connectivity index (χ2n) is 4.10. The first-order chi connectivity index (χ1) is 10.9. The molecule has 0 saturated heterocycles. The van der Waals surface area contributed by atoms with E-state index < -0.39 is 11.9 Å². The van der Waals surface area contributed by atoms with Crippen molar-refractivity contribution >= 4 is 46.9 Å². The summed E-state index contributed by atoms with van der Waals surface area (Å²) < 4.78 is 0. The van der Waals surface area contributed by atoms with Crippen molar-refractivity contribution in [1.29, 1.82) is 0 Å². The molecule has 0 aliphatic carbocycles. The van der Waals surface area contributed by atoms with Crippen LogP contribution in [0, 0.1) is 0 Å². The van der Waals surface area contributed by atoms with E-state index in [2.05, 4.69) is 4.98 Å². The molecule has 0 radical (unpaired) electrons. The number of carboxylic acid groups (broad SMARTS) is 2. The molecule has 0 amide bonds. The summed E-state index contributed by atoms with van der Waals surface area (Å²) in [5.74, 6) is -2.71. The van der Waals surface area contributed by atoms with Gasteiger partial charge in [-0.15, -0.1) is 11.8 Å². The zero-order valence-corrected chi connectivity index (χ0v) is 14.1. The number of pyridine rings is 1. The zero-order chi connectivity index (χ0) is 17.2. The Labute approximate surface area is 147 Å². The number of hydrogen-bond acceptors (Lipinski definition) is 4. The highest BCUT2D eigenvalue weighted by Crippen LogP contribution is 2.30. The average molecular weight is 374 g/mol. The van der Waals surface area contributed by atoms with Gasteiger partial charge in [-0.2, -0.15) is 0 Å². The summed E-state index contributed by atoms with van der Waals surface area (Å²) >= 11 is 13.7. The SMILES string of the molecule is Clc1ccc(Cl)c(SCCc2ccccn2)c1.O=C(O)C(=O)O. The smallest absolute Gasteiger partial charge is 0.414 e. The van der Waals surface area contributed by atoms with Crippen LogP contribution in [0.15, 0.2) is 47.5 Å². The van der Waals surface area contributed by atoms with Gasteiger partial charge in [-0.3, -0.25) is 4.98 Å². The lowest BCUT2D eigenvalue weighted by Crippen LogP contribution is -2.09. The summed E-state index contributed by atoms with van der Waals surface area (Å²) in [6.45, 7) is 0. The van der Waals surface area contributed by atoms with E-state index in [1.807, 2.05) is 36.5 Å². The van der Waals surface area contributed by atoms with E-state index in [1.54, 1.807) is 17.8 Å². The second kappa shape index (κ2) is 10.1. The van der Waals surface area contributed by atoms with Crippen molar-refractivity contribution in [3.8, 4) is 0 Å². The van der Waals surface area contributed by atoms with Crippen LogP contribution in [0.3, 0.4) is 0 Å². The van der Waals surface area contributed by atoms with Crippen LogP contribution >= 0.6 is 35.0 Å². The lowest BCUT2D eigenvalue weighted by atomic mass is 10.3. The van der Waals surface area contributed by atoms with E-state index in [4.69, 9.17) is 43.0 Å². The summed E-state index contributed by atoms with van der Waals surface area (Å²) in [6.07, 6.45) is 2.74. The van der Waals surface area contributed by atoms with Gasteiger partial charge in [0, 0.05) is 27.6 Å². The normalized spacial score (nSPS) is 9.65. The van der Waals surface area contributed by atoms with Gasteiger partial charge in [0.05, 0.1) is 5.02 Å². The van der Waals surface area contributed by atoms with Crippen molar-refractivity contribution in [1.82, 2.24) is 4.98 Å². The summed E-state index contributed by atoms with van der Waals surface area (Å²) in [5.41, 5.74) is 1.10. The van der Waals surface area contributed by atoms with Crippen LogP contribution in [0.4, 0.5) is 0 Å². The maximum Gasteiger partial charge on any atom is 0.414 e. The van der Waals surface area contributed by atoms with Gasteiger partial charge in [-0.05, 0) is 36.8 Å². The number of nitrogens with zero attached hydrogens (tertiary/aromatic N) is 1. The first-order valence-electron chi connectivity index (χ1n) is 6.34. The van der Waals surface area contributed by atoms with Crippen molar-refractivity contribution in [3.63, 3.8) is 0 Å². The van der Waals surface area contributed by atoms with E-state index >= 15 is 0 Å². The Morgan fingerprint density at radius 2 is 1.78 bits per heavy atom. The number of carboxylic acids is 2. The van der Waals surface area contributed by atoms with E-state index in [-0.39, 0.29) is 0 Å². The lowest BCUT2D eigenvalue weighted by molar-refractivity contribution is -0.159. The molecule has 0 aliphatic rings. The Kier molecular flexibility index (Phi) is 8.47. The Morgan fingerprint density at radius 1 is 1.09 bits per heavy atom. The number of thioether (sulfide) groups is 1. The molecule has 1 aromatic carbocycles. The third-order valence-electron chi connectivity index (χ3n) is 2.42. The number of aryl methyl sites for hydroxylation is 1. The molecule has 2 N–H and O–H groups in total. The van der Waals surface area contributed by atoms with E-state index in [0.717, 1.165) is 32.8 Å². The minimum Gasteiger partial charge on any atom is -0.473 e. The molecular formula is C15H13Cl2NO4S. The Bertz CT molecular complexity index is 656. The first-order valence-corrected chi connectivity index (χ1v) is 8.08. The predicted molar refractivity (Wildman–Crippen MR) is 90.4 cm³/mol. The number of aromatic nitrogens is 1. The van der Waals surface area contributed by atoms with Crippen molar-refractivity contribution in [2.45, 2.75) is 11.3 Å². The van der Waals surface area contributed by atoms with Crippen molar-refractivity contribution < 1.29 is 19.8 Å². The van der Waals surface area contributed by atoms with Crippen molar-refractivity contribution in [2.75, 3.05) is 5.75 Å². The summed E-state index contributed by atoms with van der Waals surface area (Å²) in [4.78, 5) is 23.5. The molecule has 2 rings (SSSR count). The molecule has 0 bridgehead atoms. The molecule has 23 heavy (non-hydrogen) atoms. The van der Waals surface area contributed by atoms with Gasteiger partial charge in [0.25, 0.3) is 0 Å². The molecule has 0 spiro atoms. The monoisotopic (exact) mass is 373 g/mol. The van der Waals surface area contributed by atoms with E-state index in [1.165, 1.54) is 0 Å². The Hall–Kier alpha value is -1.76. The van der Waals surface area contributed by atoms with E-state index in [9.17, 15) is 0 Å². The van der Waals surface area contributed by atoms with Gasteiger partial charge in [-0.25, -0.2) is 9.59 Å². The fraction of sp³-hybridized carbons (Fsp3) is 0.133. The molecule has 8 heteroatoms. The summed E-state index contributed by atoms with van der Waals surface area (Å²) in [6, 6.07) is 11.5. The third kappa shape index (κ3) is 7.88. The average Bonchev–Trinajstić information content (AvgIpc) is 2.52. The molecule has 0 aliphatic heterocycles. The number of carbonyl (C=O) groups is 2. The van der Waals surface area contributed by atoms with Gasteiger partial charge < -0.3 is 10.2 Å². The van der Waals surface area contributed by atoms with Gasteiger partial charge in [0.15, 0.2) is 0 Å². The zero-order valence-electron chi connectivity index (χ0n) is 11.8. The topological polar surface area (TPSA) is 87.5 Å². The highest BCUT2D eigenvalue weighted by atomic mass is 35.5. The van der Waals surface area contributed by atoms with Crippen LogP contribution in [0.25, 0.3) is 0 Å². The summed E-state index contributed by atoms with van der Waals surface area (Å²) in [7, 11) is 0. The van der Waals surface area contributed by atoms with Crippen LogP contribution in [-0.4, -0.2) is 32.9 Å². The predicted octanol–water partition coefficient (Wildman–Crippen LogP) is 3.88. The van der Waals surface area contributed by atoms with Crippen molar-refractivity contribution in [2.24, 2.45) is 0 Å². The van der Waals surface area contributed by atoms with E-state index in [0.29, 0.717) is 0 Å². The molecule has 0 fully saturated rings. The van der Waals surface area contributed by atoms with Crippen LogP contribution in [0.1, 0.15) is 5.69 Å².